The van der Waals surface area contributed by atoms with E-state index in [1.165, 1.54) is 11.1 Å². The second-order valence-electron chi connectivity index (χ2n) is 4.52. The molecule has 2 aromatic carbocycles. The van der Waals surface area contributed by atoms with Gasteiger partial charge in [-0.15, -0.1) is 0 Å². The van der Waals surface area contributed by atoms with E-state index < -0.39 is 0 Å². The molecule has 0 aliphatic heterocycles. The zero-order valence-electron chi connectivity index (χ0n) is 11.1. The highest BCUT2D eigenvalue weighted by molar-refractivity contribution is 7.98. The van der Waals surface area contributed by atoms with Gasteiger partial charge in [-0.2, -0.15) is 4.98 Å². The monoisotopic (exact) mass is 282 g/mol. The molecule has 0 aliphatic carbocycles. The molecule has 0 amide bonds. The molecule has 0 atom stereocenters. The zero-order chi connectivity index (χ0) is 13.8. The fourth-order valence-electron chi connectivity index (χ4n) is 1.80. The van der Waals surface area contributed by atoms with Crippen molar-refractivity contribution in [1.29, 1.82) is 0 Å². The maximum Gasteiger partial charge on any atom is 0.286 e. The number of aryl methyl sites for hydroxylation is 1. The van der Waals surface area contributed by atoms with Crippen LogP contribution in [0.3, 0.4) is 0 Å². The molecule has 0 radical (unpaired) electrons. The highest BCUT2D eigenvalue weighted by atomic mass is 32.2. The van der Waals surface area contributed by atoms with E-state index >= 15 is 0 Å². The van der Waals surface area contributed by atoms with E-state index in [-0.39, 0.29) is 0 Å². The average molecular weight is 282 g/mol. The summed E-state index contributed by atoms with van der Waals surface area (Å²) in [5.41, 5.74) is 3.49. The van der Waals surface area contributed by atoms with Gasteiger partial charge in [0.25, 0.3) is 5.22 Å². The topological polar surface area (TPSA) is 38.9 Å². The molecule has 100 valence electrons. The van der Waals surface area contributed by atoms with Crippen LogP contribution in [0.2, 0.25) is 0 Å². The maximum atomic E-state index is 5.27. The second kappa shape index (κ2) is 5.92. The molecule has 0 spiro atoms. The van der Waals surface area contributed by atoms with Crippen LogP contribution in [0, 0.1) is 6.92 Å². The largest absolute Gasteiger partial charge is 0.327 e. The molecule has 1 aromatic heterocycles. The summed E-state index contributed by atoms with van der Waals surface area (Å²) >= 11 is 1.55. The van der Waals surface area contributed by atoms with Crippen LogP contribution in [0.1, 0.15) is 11.1 Å². The summed E-state index contributed by atoms with van der Waals surface area (Å²) in [6.45, 7) is 2.08. The first kappa shape index (κ1) is 12.9. The molecule has 0 unspecified atom stereocenters. The standard InChI is InChI=1S/C16H14N2OS/c1-12-7-9-13(10-8-12)11-20-16-17-15(18-19-16)14-5-3-2-4-6-14/h2-10H,11H2,1H3. The van der Waals surface area contributed by atoms with Crippen LogP contribution in [0.15, 0.2) is 64.3 Å². The summed E-state index contributed by atoms with van der Waals surface area (Å²) in [5.74, 6) is 1.47. The SMILES string of the molecule is Cc1ccc(CSc2nc(-c3ccccc3)no2)cc1. The molecular weight excluding hydrogens is 268 g/mol. The van der Waals surface area contributed by atoms with E-state index in [4.69, 9.17) is 4.52 Å². The number of hydrogen-bond donors (Lipinski definition) is 0. The van der Waals surface area contributed by atoms with Crippen LogP contribution >= 0.6 is 11.8 Å². The third-order valence-corrected chi connectivity index (χ3v) is 3.81. The van der Waals surface area contributed by atoms with E-state index in [2.05, 4.69) is 41.3 Å². The summed E-state index contributed by atoms with van der Waals surface area (Å²) in [7, 11) is 0. The summed E-state index contributed by atoms with van der Waals surface area (Å²) < 4.78 is 5.27. The lowest BCUT2D eigenvalue weighted by Gasteiger charge is -1.98. The van der Waals surface area contributed by atoms with Crippen molar-refractivity contribution < 1.29 is 4.52 Å². The summed E-state index contributed by atoms with van der Waals surface area (Å²) in [6, 6.07) is 18.3. The van der Waals surface area contributed by atoms with Gasteiger partial charge in [0.1, 0.15) is 0 Å². The summed E-state index contributed by atoms with van der Waals surface area (Å²) in [5, 5.41) is 4.61. The normalized spacial score (nSPS) is 10.7. The Labute approximate surface area is 122 Å². The Kier molecular flexibility index (Phi) is 3.83. The lowest BCUT2D eigenvalue weighted by molar-refractivity contribution is 0.341. The third kappa shape index (κ3) is 3.08. The fourth-order valence-corrected chi connectivity index (χ4v) is 2.53. The molecule has 1 heterocycles. The van der Waals surface area contributed by atoms with E-state index in [0.29, 0.717) is 11.0 Å². The molecule has 0 saturated carbocycles. The van der Waals surface area contributed by atoms with Gasteiger partial charge in [-0.05, 0) is 12.5 Å². The molecule has 3 nitrogen and oxygen atoms in total. The van der Waals surface area contributed by atoms with Crippen LogP contribution in [-0.2, 0) is 5.75 Å². The Bertz CT molecular complexity index is 677. The van der Waals surface area contributed by atoms with Gasteiger partial charge in [0, 0.05) is 11.3 Å². The van der Waals surface area contributed by atoms with Gasteiger partial charge in [0.2, 0.25) is 5.82 Å². The van der Waals surface area contributed by atoms with Crippen molar-refractivity contribution in [2.45, 2.75) is 17.9 Å². The van der Waals surface area contributed by atoms with Gasteiger partial charge in [0.15, 0.2) is 0 Å². The predicted molar refractivity (Wildman–Crippen MR) is 80.5 cm³/mol. The lowest BCUT2D eigenvalue weighted by atomic mass is 10.2. The lowest BCUT2D eigenvalue weighted by Crippen LogP contribution is -1.82. The fraction of sp³-hybridized carbons (Fsp3) is 0.125. The quantitative estimate of drug-likeness (QED) is 0.667. The molecule has 3 aromatic rings. The van der Waals surface area contributed by atoms with E-state index in [0.717, 1.165) is 11.3 Å². The molecular formula is C16H14N2OS. The number of hydrogen-bond acceptors (Lipinski definition) is 4. The number of thioether (sulfide) groups is 1. The highest BCUT2D eigenvalue weighted by Crippen LogP contribution is 2.24. The van der Waals surface area contributed by atoms with Crippen molar-refractivity contribution in [1.82, 2.24) is 10.1 Å². The first-order chi connectivity index (χ1) is 9.81. The van der Waals surface area contributed by atoms with Gasteiger partial charge < -0.3 is 4.52 Å². The average Bonchev–Trinajstić information content (AvgIpc) is 2.97. The van der Waals surface area contributed by atoms with Gasteiger partial charge >= 0.3 is 0 Å². The van der Waals surface area contributed by atoms with Crippen molar-refractivity contribution in [3.63, 3.8) is 0 Å². The smallest absolute Gasteiger partial charge is 0.286 e. The summed E-state index contributed by atoms with van der Waals surface area (Å²) in [6.07, 6.45) is 0. The Morgan fingerprint density at radius 3 is 2.50 bits per heavy atom. The van der Waals surface area contributed by atoms with Crippen molar-refractivity contribution in [2.75, 3.05) is 0 Å². The maximum absolute atomic E-state index is 5.27. The molecule has 4 heteroatoms. The van der Waals surface area contributed by atoms with Crippen molar-refractivity contribution in [3.8, 4) is 11.4 Å². The number of rotatable bonds is 4. The minimum absolute atomic E-state index is 0.601. The Morgan fingerprint density at radius 2 is 1.75 bits per heavy atom. The van der Waals surface area contributed by atoms with Crippen LogP contribution in [0.25, 0.3) is 11.4 Å². The molecule has 0 fully saturated rings. The first-order valence-electron chi connectivity index (χ1n) is 6.39. The van der Waals surface area contributed by atoms with Gasteiger partial charge in [-0.3, -0.25) is 0 Å². The highest BCUT2D eigenvalue weighted by Gasteiger charge is 2.08. The first-order valence-corrected chi connectivity index (χ1v) is 7.37. The van der Waals surface area contributed by atoms with Crippen LogP contribution in [-0.4, -0.2) is 10.1 Å². The van der Waals surface area contributed by atoms with Crippen LogP contribution < -0.4 is 0 Å². The van der Waals surface area contributed by atoms with Gasteiger partial charge in [-0.25, -0.2) is 0 Å². The molecule has 0 aliphatic rings. The van der Waals surface area contributed by atoms with Gasteiger partial charge in [-0.1, -0.05) is 77.1 Å². The van der Waals surface area contributed by atoms with Gasteiger partial charge in [0.05, 0.1) is 0 Å². The Morgan fingerprint density at radius 1 is 1.00 bits per heavy atom. The zero-order valence-corrected chi connectivity index (χ0v) is 11.9. The van der Waals surface area contributed by atoms with E-state index in [1.807, 2.05) is 30.3 Å². The predicted octanol–water partition coefficient (Wildman–Crippen LogP) is 4.34. The Hall–Kier alpha value is -2.07. The Balaban J connectivity index is 1.67. The minimum Gasteiger partial charge on any atom is -0.327 e. The minimum atomic E-state index is 0.601. The number of benzene rings is 2. The molecule has 0 bridgehead atoms. The number of aromatic nitrogens is 2. The number of nitrogens with zero attached hydrogens (tertiary/aromatic N) is 2. The van der Waals surface area contributed by atoms with Crippen LogP contribution in [0.4, 0.5) is 0 Å². The molecule has 0 saturated heterocycles. The molecule has 0 N–H and O–H groups in total. The molecule has 20 heavy (non-hydrogen) atoms. The van der Waals surface area contributed by atoms with Crippen molar-refractivity contribution in [2.24, 2.45) is 0 Å². The summed E-state index contributed by atoms with van der Waals surface area (Å²) in [4.78, 5) is 4.40. The van der Waals surface area contributed by atoms with Crippen molar-refractivity contribution in [3.05, 3.63) is 65.7 Å². The van der Waals surface area contributed by atoms with E-state index in [9.17, 15) is 0 Å². The molecule has 3 rings (SSSR count). The van der Waals surface area contributed by atoms with Crippen molar-refractivity contribution >= 4 is 11.8 Å². The second-order valence-corrected chi connectivity index (χ2v) is 5.45. The third-order valence-electron chi connectivity index (χ3n) is 2.92. The van der Waals surface area contributed by atoms with E-state index in [1.54, 1.807) is 11.8 Å². The van der Waals surface area contributed by atoms with Crippen LogP contribution in [0.5, 0.6) is 0 Å².